The monoisotopic (exact) mass is 190 g/mol. The van der Waals surface area contributed by atoms with Crippen molar-refractivity contribution in [1.82, 2.24) is 9.61 Å². The van der Waals surface area contributed by atoms with E-state index in [1.54, 1.807) is 16.8 Å². The van der Waals surface area contributed by atoms with E-state index in [1.807, 2.05) is 19.1 Å². The van der Waals surface area contributed by atoms with E-state index in [2.05, 4.69) is 5.10 Å². The van der Waals surface area contributed by atoms with Crippen molar-refractivity contribution in [2.24, 2.45) is 0 Å². The number of hydrogen-bond acceptors (Lipinski definition) is 2. The largest absolute Gasteiger partial charge is 0.481 e. The lowest BCUT2D eigenvalue weighted by atomic mass is 10.2. The molecule has 72 valence electrons. The zero-order chi connectivity index (χ0) is 10.1. The van der Waals surface area contributed by atoms with Crippen LogP contribution in [-0.4, -0.2) is 20.7 Å². The fraction of sp³-hybridized carbons (Fsp3) is 0.200. The number of aryl methyl sites for hydroxylation is 1. The highest BCUT2D eigenvalue weighted by Crippen LogP contribution is 2.09. The van der Waals surface area contributed by atoms with Gasteiger partial charge in [-0.15, -0.1) is 0 Å². The Morgan fingerprint density at radius 2 is 2.36 bits per heavy atom. The molecule has 0 radical (unpaired) electrons. The van der Waals surface area contributed by atoms with E-state index < -0.39 is 5.97 Å². The molecule has 0 amide bonds. The van der Waals surface area contributed by atoms with Crippen LogP contribution >= 0.6 is 0 Å². The van der Waals surface area contributed by atoms with Gasteiger partial charge in [0, 0.05) is 6.20 Å². The summed E-state index contributed by atoms with van der Waals surface area (Å²) in [5.74, 6) is -0.814. The molecule has 0 unspecified atom stereocenters. The molecule has 0 saturated heterocycles. The van der Waals surface area contributed by atoms with E-state index in [0.29, 0.717) is 0 Å². The van der Waals surface area contributed by atoms with Crippen molar-refractivity contribution in [3.05, 3.63) is 35.7 Å². The minimum Gasteiger partial charge on any atom is -0.481 e. The smallest absolute Gasteiger partial charge is 0.307 e. The average Bonchev–Trinajstić information content (AvgIpc) is 2.42. The van der Waals surface area contributed by atoms with E-state index in [4.69, 9.17) is 5.11 Å². The number of nitrogens with zero attached hydrogens (tertiary/aromatic N) is 2. The molecule has 0 atom stereocenters. The summed E-state index contributed by atoms with van der Waals surface area (Å²) in [6.45, 7) is 1.91. The quantitative estimate of drug-likeness (QED) is 0.775. The molecule has 0 saturated carbocycles. The van der Waals surface area contributed by atoms with Gasteiger partial charge >= 0.3 is 5.97 Å². The highest BCUT2D eigenvalue weighted by molar-refractivity contribution is 5.70. The van der Waals surface area contributed by atoms with Crippen LogP contribution in [0.2, 0.25) is 0 Å². The summed E-state index contributed by atoms with van der Waals surface area (Å²) < 4.78 is 1.74. The first-order valence-corrected chi connectivity index (χ1v) is 4.32. The van der Waals surface area contributed by atoms with Gasteiger partial charge in [-0.05, 0) is 30.7 Å². The summed E-state index contributed by atoms with van der Waals surface area (Å²) in [7, 11) is 0. The molecule has 0 fully saturated rings. The number of aromatic nitrogens is 2. The van der Waals surface area contributed by atoms with Crippen molar-refractivity contribution in [3.8, 4) is 0 Å². The molecular formula is C10H10N2O2. The zero-order valence-corrected chi connectivity index (χ0v) is 7.77. The molecule has 14 heavy (non-hydrogen) atoms. The van der Waals surface area contributed by atoms with Gasteiger partial charge in [0.15, 0.2) is 0 Å². The first-order chi connectivity index (χ1) is 6.65. The Kier molecular flexibility index (Phi) is 1.96. The number of carboxylic acids is 1. The Hall–Kier alpha value is -1.84. The molecule has 2 heterocycles. The normalized spacial score (nSPS) is 10.6. The third-order valence-electron chi connectivity index (χ3n) is 2.01. The summed E-state index contributed by atoms with van der Waals surface area (Å²) in [6, 6.07) is 5.53. The Bertz CT molecular complexity index is 488. The Labute approximate surface area is 80.8 Å². The van der Waals surface area contributed by atoms with Crippen LogP contribution in [-0.2, 0) is 11.2 Å². The van der Waals surface area contributed by atoms with Crippen LogP contribution in [0.15, 0.2) is 24.4 Å². The number of pyridine rings is 1. The summed E-state index contributed by atoms with van der Waals surface area (Å²) in [5, 5.41) is 12.8. The van der Waals surface area contributed by atoms with Crippen LogP contribution < -0.4 is 0 Å². The van der Waals surface area contributed by atoms with Crippen molar-refractivity contribution < 1.29 is 9.90 Å². The predicted octanol–water partition coefficient (Wildman–Crippen LogP) is 1.27. The Morgan fingerprint density at radius 3 is 3.07 bits per heavy atom. The molecule has 4 nitrogen and oxygen atoms in total. The molecule has 0 aromatic carbocycles. The lowest BCUT2D eigenvalue weighted by Crippen LogP contribution is -2.00. The molecule has 0 aliphatic rings. The lowest BCUT2D eigenvalue weighted by molar-refractivity contribution is -0.136. The van der Waals surface area contributed by atoms with Crippen molar-refractivity contribution in [1.29, 1.82) is 0 Å². The van der Waals surface area contributed by atoms with E-state index in [-0.39, 0.29) is 6.42 Å². The van der Waals surface area contributed by atoms with Gasteiger partial charge in [0.25, 0.3) is 0 Å². The maximum absolute atomic E-state index is 10.5. The van der Waals surface area contributed by atoms with Crippen molar-refractivity contribution in [2.45, 2.75) is 13.3 Å². The molecule has 0 aliphatic carbocycles. The summed E-state index contributed by atoms with van der Waals surface area (Å²) in [5.41, 5.74) is 2.66. The van der Waals surface area contributed by atoms with Gasteiger partial charge in [0.1, 0.15) is 0 Å². The van der Waals surface area contributed by atoms with Crippen LogP contribution in [0, 0.1) is 6.92 Å². The lowest BCUT2D eigenvalue weighted by Gasteiger charge is -1.97. The molecule has 0 bridgehead atoms. The number of fused-ring (bicyclic) bond motifs is 1. The Balaban J connectivity index is 2.45. The minimum atomic E-state index is -0.814. The second kappa shape index (κ2) is 3.14. The SMILES string of the molecule is Cc1cc2cc(CC(=O)O)ccn2n1. The third kappa shape index (κ3) is 1.59. The van der Waals surface area contributed by atoms with Crippen LogP contribution in [0.25, 0.3) is 5.52 Å². The Morgan fingerprint density at radius 1 is 1.57 bits per heavy atom. The van der Waals surface area contributed by atoms with Gasteiger partial charge in [-0.3, -0.25) is 4.79 Å². The summed E-state index contributed by atoms with van der Waals surface area (Å²) in [4.78, 5) is 10.5. The van der Waals surface area contributed by atoms with Gasteiger partial charge in [0.05, 0.1) is 17.6 Å². The number of hydrogen-bond donors (Lipinski definition) is 1. The highest BCUT2D eigenvalue weighted by atomic mass is 16.4. The first-order valence-electron chi connectivity index (χ1n) is 4.32. The first kappa shape index (κ1) is 8.74. The van der Waals surface area contributed by atoms with Crippen LogP contribution in [0.1, 0.15) is 11.3 Å². The van der Waals surface area contributed by atoms with E-state index in [1.165, 1.54) is 0 Å². The summed E-state index contributed by atoms with van der Waals surface area (Å²) >= 11 is 0. The topological polar surface area (TPSA) is 54.6 Å². The van der Waals surface area contributed by atoms with Crippen LogP contribution in [0.3, 0.4) is 0 Å². The van der Waals surface area contributed by atoms with Crippen molar-refractivity contribution in [2.75, 3.05) is 0 Å². The van der Waals surface area contributed by atoms with Gasteiger partial charge in [-0.2, -0.15) is 5.10 Å². The molecule has 4 heteroatoms. The van der Waals surface area contributed by atoms with E-state index in [0.717, 1.165) is 16.8 Å². The van der Waals surface area contributed by atoms with E-state index in [9.17, 15) is 4.79 Å². The van der Waals surface area contributed by atoms with E-state index >= 15 is 0 Å². The van der Waals surface area contributed by atoms with Crippen molar-refractivity contribution >= 4 is 11.5 Å². The molecular weight excluding hydrogens is 180 g/mol. The molecule has 0 spiro atoms. The third-order valence-corrected chi connectivity index (χ3v) is 2.01. The number of carbonyl (C=O) groups is 1. The number of carboxylic acid groups (broad SMARTS) is 1. The summed E-state index contributed by atoms with van der Waals surface area (Å²) in [6.07, 6.45) is 1.83. The van der Waals surface area contributed by atoms with Crippen LogP contribution in [0.5, 0.6) is 0 Å². The minimum absolute atomic E-state index is 0.0563. The number of aliphatic carboxylic acids is 1. The standard InChI is InChI=1S/C10H10N2O2/c1-7-4-9-5-8(6-10(13)14)2-3-12(9)11-7/h2-5H,6H2,1H3,(H,13,14). The highest BCUT2D eigenvalue weighted by Gasteiger charge is 2.02. The van der Waals surface area contributed by atoms with Gasteiger partial charge in [-0.25, -0.2) is 4.52 Å². The molecule has 2 rings (SSSR count). The number of rotatable bonds is 2. The van der Waals surface area contributed by atoms with Crippen molar-refractivity contribution in [3.63, 3.8) is 0 Å². The average molecular weight is 190 g/mol. The maximum Gasteiger partial charge on any atom is 0.307 e. The fourth-order valence-electron chi connectivity index (χ4n) is 1.45. The molecule has 2 aromatic heterocycles. The molecule has 0 aliphatic heterocycles. The molecule has 2 aromatic rings. The fourth-order valence-corrected chi connectivity index (χ4v) is 1.45. The van der Waals surface area contributed by atoms with Crippen LogP contribution in [0.4, 0.5) is 0 Å². The second-order valence-electron chi connectivity index (χ2n) is 3.26. The zero-order valence-electron chi connectivity index (χ0n) is 7.77. The van der Waals surface area contributed by atoms with Gasteiger partial charge in [0.2, 0.25) is 0 Å². The predicted molar refractivity (Wildman–Crippen MR) is 51.3 cm³/mol. The maximum atomic E-state index is 10.5. The van der Waals surface area contributed by atoms with Gasteiger partial charge < -0.3 is 5.11 Å². The van der Waals surface area contributed by atoms with Gasteiger partial charge in [-0.1, -0.05) is 0 Å². The second-order valence-corrected chi connectivity index (χ2v) is 3.26. The molecule has 1 N–H and O–H groups in total.